The summed E-state index contributed by atoms with van der Waals surface area (Å²) in [5, 5.41) is 10.8. The predicted molar refractivity (Wildman–Crippen MR) is 50.5 cm³/mol. The number of carboxylic acids is 1. The maximum absolute atomic E-state index is 10.1. The Hall–Kier alpha value is -1.10. The topological polar surface area (TPSA) is 75.6 Å². The highest BCUT2D eigenvalue weighted by Crippen LogP contribution is 2.04. The summed E-state index contributed by atoms with van der Waals surface area (Å²) in [5.74, 6) is -0.599. The number of nitrogens with one attached hydrogen (secondary N) is 1. The van der Waals surface area contributed by atoms with E-state index in [1.807, 2.05) is 13.8 Å². The Bertz CT molecular complexity index is 182. The fraction of sp³-hybridized carbons (Fsp3) is 0.778. The number of hydrogen-bond acceptors (Lipinski definition) is 3. The Morgan fingerprint density at radius 3 is 2.64 bits per heavy atom. The summed E-state index contributed by atoms with van der Waals surface area (Å²) in [6, 6.07) is -0.160. The van der Waals surface area contributed by atoms with Crippen LogP contribution in [0.25, 0.3) is 0 Å². The first-order valence-electron chi connectivity index (χ1n) is 4.48. The molecule has 0 aliphatic carbocycles. The summed E-state index contributed by atoms with van der Waals surface area (Å²) >= 11 is 0. The molecule has 14 heavy (non-hydrogen) atoms. The van der Waals surface area contributed by atoms with E-state index >= 15 is 0 Å². The summed E-state index contributed by atoms with van der Waals surface area (Å²) in [7, 11) is 0. The zero-order valence-electron chi connectivity index (χ0n) is 8.45. The smallest absolute Gasteiger partial charge is 0.329 e. The van der Waals surface area contributed by atoms with Crippen molar-refractivity contribution in [1.29, 1.82) is 0 Å². The van der Waals surface area contributed by atoms with E-state index in [-0.39, 0.29) is 19.3 Å². The number of ether oxygens (including phenoxy) is 1. The van der Waals surface area contributed by atoms with E-state index in [1.54, 1.807) is 6.41 Å². The molecule has 0 saturated heterocycles. The van der Waals surface area contributed by atoms with Crippen LogP contribution in [-0.2, 0) is 14.3 Å². The average molecular weight is 202 g/mol. The molecular weight excluding hydrogens is 186 g/mol. The highest BCUT2D eigenvalue weighted by atomic mass is 16.5. The van der Waals surface area contributed by atoms with Gasteiger partial charge in [-0.1, -0.05) is 13.8 Å². The third-order valence-corrected chi connectivity index (χ3v) is 1.56. The number of carbonyl (C=O) groups excluding carboxylic acids is 1. The van der Waals surface area contributed by atoms with Gasteiger partial charge in [0.15, 0.2) is 0 Å². The van der Waals surface area contributed by atoms with Gasteiger partial charge in [-0.2, -0.15) is 0 Å². The van der Waals surface area contributed by atoms with Crippen molar-refractivity contribution >= 4 is 12.4 Å². The van der Waals surface area contributed by atoms with Crippen molar-refractivity contribution in [3.05, 3.63) is 0 Å². The Morgan fingerprint density at radius 1 is 1.57 bits per heavy atom. The van der Waals surface area contributed by atoms with Gasteiger partial charge in [0.05, 0.1) is 12.6 Å². The lowest BCUT2D eigenvalue weighted by Gasteiger charge is -2.16. The number of rotatable bonds is 8. The fourth-order valence-corrected chi connectivity index (χ4v) is 1.11. The van der Waals surface area contributed by atoms with Crippen molar-refractivity contribution in [3.63, 3.8) is 0 Å². The third kappa shape index (κ3) is 7.54. The molecule has 0 spiro atoms. The molecule has 0 aromatic heterocycles. The Morgan fingerprint density at radius 2 is 2.21 bits per heavy atom. The van der Waals surface area contributed by atoms with Crippen LogP contribution in [-0.4, -0.2) is 36.7 Å². The SMILES string of the molecule is CC(C)C[C@@H](COCC(=O)O)N[C]=O. The minimum atomic E-state index is -1.01. The molecule has 0 saturated carbocycles. The molecule has 0 aromatic rings. The van der Waals surface area contributed by atoms with Gasteiger partial charge >= 0.3 is 12.4 Å². The fourth-order valence-electron chi connectivity index (χ4n) is 1.11. The number of amides is 1. The van der Waals surface area contributed by atoms with Crippen molar-refractivity contribution in [1.82, 2.24) is 5.32 Å². The molecule has 0 fully saturated rings. The molecule has 5 heteroatoms. The zero-order chi connectivity index (χ0) is 11.0. The normalized spacial score (nSPS) is 12.5. The first-order valence-corrected chi connectivity index (χ1v) is 4.48. The van der Waals surface area contributed by atoms with Crippen molar-refractivity contribution in [2.75, 3.05) is 13.2 Å². The standard InChI is InChI=1S/C9H16NO4/c1-7(2)3-8(10-6-11)4-14-5-9(12)13/h7-8H,3-5H2,1-2H3,(H,10,11)(H,12,13)/t8-/m0/s1. The van der Waals surface area contributed by atoms with Crippen LogP contribution in [0.2, 0.25) is 0 Å². The minimum absolute atomic E-state index is 0.160. The first kappa shape index (κ1) is 12.9. The molecule has 0 aromatic carbocycles. The van der Waals surface area contributed by atoms with Gasteiger partial charge in [0.2, 0.25) is 0 Å². The van der Waals surface area contributed by atoms with Gasteiger partial charge < -0.3 is 15.2 Å². The second-order valence-corrected chi connectivity index (χ2v) is 3.48. The van der Waals surface area contributed by atoms with Crippen molar-refractivity contribution < 1.29 is 19.4 Å². The molecular formula is C9H16NO4. The minimum Gasteiger partial charge on any atom is -0.480 e. The van der Waals surface area contributed by atoms with Crippen molar-refractivity contribution in [2.24, 2.45) is 5.92 Å². The van der Waals surface area contributed by atoms with E-state index in [0.717, 1.165) is 6.42 Å². The molecule has 1 radical (unpaired) electrons. The molecule has 5 nitrogen and oxygen atoms in total. The molecule has 0 aliphatic rings. The van der Waals surface area contributed by atoms with Gasteiger partial charge in [0, 0.05) is 0 Å². The van der Waals surface area contributed by atoms with E-state index in [0.29, 0.717) is 5.92 Å². The van der Waals surface area contributed by atoms with Crippen LogP contribution in [0.5, 0.6) is 0 Å². The molecule has 0 heterocycles. The van der Waals surface area contributed by atoms with Crippen LogP contribution in [0, 0.1) is 5.92 Å². The number of carboxylic acid groups (broad SMARTS) is 1. The quantitative estimate of drug-likeness (QED) is 0.550. The molecule has 1 atom stereocenters. The van der Waals surface area contributed by atoms with Gasteiger partial charge in [-0.05, 0) is 12.3 Å². The molecule has 0 bridgehead atoms. The van der Waals surface area contributed by atoms with E-state index in [9.17, 15) is 9.59 Å². The average Bonchev–Trinajstić information content (AvgIpc) is 2.02. The van der Waals surface area contributed by atoms with E-state index in [1.165, 1.54) is 0 Å². The molecule has 81 valence electrons. The summed E-state index contributed by atoms with van der Waals surface area (Å²) in [5.41, 5.74) is 0. The Balaban J connectivity index is 3.72. The van der Waals surface area contributed by atoms with Crippen molar-refractivity contribution in [3.8, 4) is 0 Å². The van der Waals surface area contributed by atoms with E-state index in [2.05, 4.69) is 5.32 Å². The van der Waals surface area contributed by atoms with Crippen LogP contribution in [0.15, 0.2) is 0 Å². The van der Waals surface area contributed by atoms with Gasteiger partial charge in [-0.3, -0.25) is 4.79 Å². The first-order chi connectivity index (χ1) is 6.56. The lowest BCUT2D eigenvalue weighted by Crippen LogP contribution is -2.34. The number of aliphatic carboxylic acids is 1. The highest BCUT2D eigenvalue weighted by Gasteiger charge is 2.10. The summed E-state index contributed by atoms with van der Waals surface area (Å²) in [4.78, 5) is 20.2. The maximum Gasteiger partial charge on any atom is 0.329 e. The second kappa shape index (κ2) is 7.32. The lowest BCUT2D eigenvalue weighted by atomic mass is 10.0. The Labute approximate surface area is 83.4 Å². The van der Waals surface area contributed by atoms with Gasteiger partial charge in [0.25, 0.3) is 0 Å². The second-order valence-electron chi connectivity index (χ2n) is 3.48. The van der Waals surface area contributed by atoms with Crippen LogP contribution in [0.3, 0.4) is 0 Å². The van der Waals surface area contributed by atoms with Crippen LogP contribution in [0.4, 0.5) is 0 Å². The molecule has 0 rings (SSSR count). The van der Waals surface area contributed by atoms with Gasteiger partial charge in [-0.15, -0.1) is 0 Å². The van der Waals surface area contributed by atoms with Crippen LogP contribution in [0.1, 0.15) is 20.3 Å². The van der Waals surface area contributed by atoms with Gasteiger partial charge in [0.1, 0.15) is 6.61 Å². The third-order valence-electron chi connectivity index (χ3n) is 1.56. The molecule has 1 amide bonds. The lowest BCUT2D eigenvalue weighted by molar-refractivity contribution is -0.142. The highest BCUT2D eigenvalue weighted by molar-refractivity contribution is 5.67. The number of carbonyl (C=O) groups is 1. The summed E-state index contributed by atoms with van der Waals surface area (Å²) < 4.78 is 4.87. The molecule has 0 unspecified atom stereocenters. The maximum atomic E-state index is 10.1. The van der Waals surface area contributed by atoms with Gasteiger partial charge in [-0.25, -0.2) is 4.79 Å². The largest absolute Gasteiger partial charge is 0.480 e. The zero-order valence-corrected chi connectivity index (χ0v) is 8.45. The van der Waals surface area contributed by atoms with Crippen LogP contribution < -0.4 is 5.32 Å². The summed E-state index contributed by atoms with van der Waals surface area (Å²) in [6.45, 7) is 3.89. The number of hydrogen-bond donors (Lipinski definition) is 2. The monoisotopic (exact) mass is 202 g/mol. The van der Waals surface area contributed by atoms with Crippen LogP contribution >= 0.6 is 0 Å². The predicted octanol–water partition coefficient (Wildman–Crippen LogP) is 0.159. The summed E-state index contributed by atoms with van der Waals surface area (Å²) in [6.07, 6.45) is 2.33. The molecule has 2 N–H and O–H groups in total. The van der Waals surface area contributed by atoms with Crippen molar-refractivity contribution in [2.45, 2.75) is 26.3 Å². The molecule has 0 aliphatic heterocycles. The van der Waals surface area contributed by atoms with E-state index < -0.39 is 5.97 Å². The van der Waals surface area contributed by atoms with E-state index in [4.69, 9.17) is 9.84 Å². The Kier molecular flexibility index (Phi) is 6.74.